The second-order valence-electron chi connectivity index (χ2n) is 2.94. The van der Waals surface area contributed by atoms with Crippen LogP contribution in [0.15, 0.2) is 21.9 Å². The third kappa shape index (κ3) is 1.69. The van der Waals surface area contributed by atoms with E-state index in [0.29, 0.717) is 11.8 Å². The molecule has 0 spiro atoms. The Hall–Kier alpha value is -1.20. The van der Waals surface area contributed by atoms with E-state index in [1.165, 1.54) is 0 Å². The van der Waals surface area contributed by atoms with Crippen molar-refractivity contribution in [2.45, 2.75) is 19.4 Å². The van der Waals surface area contributed by atoms with Crippen molar-refractivity contribution in [3.8, 4) is 10.8 Å². The van der Waals surface area contributed by atoms with Crippen LogP contribution in [-0.2, 0) is 0 Å². The molecule has 0 amide bonds. The fourth-order valence-corrected chi connectivity index (χ4v) is 1.70. The van der Waals surface area contributed by atoms with Crippen molar-refractivity contribution >= 4 is 11.3 Å². The van der Waals surface area contributed by atoms with E-state index in [9.17, 15) is 0 Å². The maximum atomic E-state index is 5.77. The van der Waals surface area contributed by atoms with Gasteiger partial charge in [-0.1, -0.05) is 13.0 Å². The van der Waals surface area contributed by atoms with Crippen molar-refractivity contribution < 1.29 is 4.42 Å². The van der Waals surface area contributed by atoms with Crippen molar-refractivity contribution in [2.24, 2.45) is 5.73 Å². The van der Waals surface area contributed by atoms with Crippen molar-refractivity contribution in [3.05, 3.63) is 23.4 Å². The summed E-state index contributed by atoms with van der Waals surface area (Å²) in [5.41, 5.74) is 5.77. The summed E-state index contributed by atoms with van der Waals surface area (Å²) in [6, 6.07) is 3.74. The molecule has 0 saturated heterocycles. The van der Waals surface area contributed by atoms with Crippen LogP contribution >= 0.6 is 11.3 Å². The highest BCUT2D eigenvalue weighted by atomic mass is 32.1. The van der Waals surface area contributed by atoms with Crippen LogP contribution in [0.4, 0.5) is 0 Å². The fraction of sp³-hybridized carbons (Fsp3) is 0.333. The molecule has 2 aromatic rings. The quantitative estimate of drug-likeness (QED) is 0.841. The van der Waals surface area contributed by atoms with Crippen molar-refractivity contribution in [1.29, 1.82) is 0 Å². The zero-order chi connectivity index (χ0) is 9.97. The molecular formula is C9H11N3OS. The molecular weight excluding hydrogens is 198 g/mol. The lowest BCUT2D eigenvalue weighted by molar-refractivity contribution is 0.453. The van der Waals surface area contributed by atoms with Crippen LogP contribution in [0.2, 0.25) is 0 Å². The van der Waals surface area contributed by atoms with Crippen LogP contribution in [-0.4, -0.2) is 10.2 Å². The zero-order valence-corrected chi connectivity index (χ0v) is 8.62. The Kier molecular flexibility index (Phi) is 2.60. The van der Waals surface area contributed by atoms with E-state index in [1.54, 1.807) is 11.3 Å². The minimum atomic E-state index is -0.156. The number of hydrogen-bond acceptors (Lipinski definition) is 5. The molecule has 0 aromatic carbocycles. The number of rotatable bonds is 3. The number of nitrogens with zero attached hydrogens (tertiary/aromatic N) is 2. The van der Waals surface area contributed by atoms with E-state index in [4.69, 9.17) is 10.2 Å². The molecule has 74 valence electrons. The summed E-state index contributed by atoms with van der Waals surface area (Å²) in [4.78, 5) is 0.979. The largest absolute Gasteiger partial charge is 0.418 e. The van der Waals surface area contributed by atoms with Gasteiger partial charge >= 0.3 is 0 Å². The normalized spacial score (nSPS) is 13.0. The topological polar surface area (TPSA) is 64.9 Å². The maximum absolute atomic E-state index is 5.77. The lowest BCUT2D eigenvalue weighted by Gasteiger charge is -1.99. The molecule has 2 heterocycles. The molecule has 0 saturated carbocycles. The summed E-state index contributed by atoms with van der Waals surface area (Å²) >= 11 is 1.57. The molecule has 5 heteroatoms. The molecule has 0 aliphatic carbocycles. The summed E-state index contributed by atoms with van der Waals surface area (Å²) in [6.07, 6.45) is 0.798. The van der Waals surface area contributed by atoms with Gasteiger partial charge in [-0.25, -0.2) is 0 Å². The SMILES string of the molecule is CCC(N)c1nnc(-c2cccs2)o1. The average molecular weight is 209 g/mol. The fourth-order valence-electron chi connectivity index (χ4n) is 1.06. The van der Waals surface area contributed by atoms with E-state index in [1.807, 2.05) is 24.4 Å². The molecule has 1 unspecified atom stereocenters. The molecule has 0 aliphatic rings. The number of thiophene rings is 1. The first-order chi connectivity index (χ1) is 6.81. The Morgan fingerprint density at radius 1 is 1.57 bits per heavy atom. The van der Waals surface area contributed by atoms with Crippen LogP contribution < -0.4 is 5.73 Å². The van der Waals surface area contributed by atoms with Gasteiger partial charge < -0.3 is 10.2 Å². The summed E-state index contributed by atoms with van der Waals surface area (Å²) < 4.78 is 5.44. The molecule has 0 radical (unpaired) electrons. The van der Waals surface area contributed by atoms with Crippen LogP contribution in [0, 0.1) is 0 Å². The second kappa shape index (κ2) is 3.89. The predicted molar refractivity (Wildman–Crippen MR) is 54.8 cm³/mol. The lowest BCUT2D eigenvalue weighted by atomic mass is 10.2. The maximum Gasteiger partial charge on any atom is 0.257 e. The zero-order valence-electron chi connectivity index (χ0n) is 7.80. The van der Waals surface area contributed by atoms with E-state index in [0.717, 1.165) is 11.3 Å². The van der Waals surface area contributed by atoms with Gasteiger partial charge in [0.15, 0.2) is 0 Å². The highest BCUT2D eigenvalue weighted by molar-refractivity contribution is 7.13. The van der Waals surface area contributed by atoms with Gasteiger partial charge in [0.1, 0.15) is 0 Å². The molecule has 2 rings (SSSR count). The standard InChI is InChI=1S/C9H11N3OS/c1-2-6(10)8-11-12-9(13-8)7-4-3-5-14-7/h3-6H,2,10H2,1H3. The molecule has 4 nitrogen and oxygen atoms in total. The van der Waals surface area contributed by atoms with Gasteiger partial charge in [0.2, 0.25) is 5.89 Å². The van der Waals surface area contributed by atoms with Crippen molar-refractivity contribution in [1.82, 2.24) is 10.2 Å². The average Bonchev–Trinajstić information content (AvgIpc) is 2.86. The van der Waals surface area contributed by atoms with Crippen molar-refractivity contribution in [3.63, 3.8) is 0 Å². The predicted octanol–water partition coefficient (Wildman–Crippen LogP) is 2.21. The van der Waals surface area contributed by atoms with E-state index in [2.05, 4.69) is 10.2 Å². The first-order valence-corrected chi connectivity index (χ1v) is 5.32. The molecule has 2 N–H and O–H groups in total. The van der Waals surface area contributed by atoms with Crippen LogP contribution in [0.3, 0.4) is 0 Å². The van der Waals surface area contributed by atoms with Crippen LogP contribution in [0.5, 0.6) is 0 Å². The number of nitrogens with two attached hydrogens (primary N) is 1. The van der Waals surface area contributed by atoms with Gasteiger partial charge in [-0.05, 0) is 17.9 Å². The molecule has 0 fully saturated rings. The second-order valence-corrected chi connectivity index (χ2v) is 3.89. The Morgan fingerprint density at radius 3 is 3.07 bits per heavy atom. The summed E-state index contributed by atoms with van der Waals surface area (Å²) in [6.45, 7) is 1.99. The third-order valence-corrected chi connectivity index (χ3v) is 2.79. The van der Waals surface area contributed by atoms with E-state index >= 15 is 0 Å². The van der Waals surface area contributed by atoms with Gasteiger partial charge in [0.25, 0.3) is 5.89 Å². The van der Waals surface area contributed by atoms with Crippen molar-refractivity contribution in [2.75, 3.05) is 0 Å². The molecule has 2 aromatic heterocycles. The summed E-state index contributed by atoms with van der Waals surface area (Å²) in [7, 11) is 0. The molecule has 14 heavy (non-hydrogen) atoms. The Morgan fingerprint density at radius 2 is 2.43 bits per heavy atom. The number of aromatic nitrogens is 2. The van der Waals surface area contributed by atoms with Gasteiger partial charge in [-0.15, -0.1) is 21.5 Å². The Bertz CT molecular complexity index is 396. The first kappa shape index (κ1) is 9.36. The van der Waals surface area contributed by atoms with E-state index in [-0.39, 0.29) is 6.04 Å². The first-order valence-electron chi connectivity index (χ1n) is 4.44. The van der Waals surface area contributed by atoms with Gasteiger partial charge in [0, 0.05) is 0 Å². The minimum Gasteiger partial charge on any atom is -0.418 e. The van der Waals surface area contributed by atoms with Gasteiger partial charge in [-0.3, -0.25) is 0 Å². The van der Waals surface area contributed by atoms with Gasteiger partial charge in [0.05, 0.1) is 10.9 Å². The lowest BCUT2D eigenvalue weighted by Crippen LogP contribution is -2.08. The highest BCUT2D eigenvalue weighted by Crippen LogP contribution is 2.24. The molecule has 1 atom stereocenters. The molecule has 0 aliphatic heterocycles. The monoisotopic (exact) mass is 209 g/mol. The highest BCUT2D eigenvalue weighted by Gasteiger charge is 2.13. The van der Waals surface area contributed by atoms with Crippen LogP contribution in [0.1, 0.15) is 25.3 Å². The van der Waals surface area contributed by atoms with E-state index < -0.39 is 0 Å². The minimum absolute atomic E-state index is 0.156. The summed E-state index contributed by atoms with van der Waals surface area (Å²) in [5.74, 6) is 1.06. The van der Waals surface area contributed by atoms with Gasteiger partial charge in [-0.2, -0.15) is 0 Å². The summed E-state index contributed by atoms with van der Waals surface area (Å²) in [5, 5.41) is 9.82. The molecule has 0 bridgehead atoms. The Labute approximate surface area is 85.8 Å². The van der Waals surface area contributed by atoms with Crippen LogP contribution in [0.25, 0.3) is 10.8 Å². The third-order valence-electron chi connectivity index (χ3n) is 1.93. The Balaban J connectivity index is 2.26. The smallest absolute Gasteiger partial charge is 0.257 e. The number of hydrogen-bond donors (Lipinski definition) is 1.